The molecule has 5 nitrogen and oxygen atoms in total. The van der Waals surface area contributed by atoms with E-state index in [0.29, 0.717) is 25.3 Å². The first-order valence-corrected chi connectivity index (χ1v) is 6.59. The Kier molecular flexibility index (Phi) is 4.72. The lowest BCUT2D eigenvalue weighted by molar-refractivity contribution is -0.0109. The van der Waals surface area contributed by atoms with Crippen LogP contribution >= 0.6 is 0 Å². The minimum atomic E-state index is -0.449. The Labute approximate surface area is 118 Å². The van der Waals surface area contributed by atoms with Crippen LogP contribution in [0.5, 0.6) is 5.75 Å². The van der Waals surface area contributed by atoms with Gasteiger partial charge in [0, 0.05) is 18.7 Å². The van der Waals surface area contributed by atoms with Crippen LogP contribution in [0.3, 0.4) is 0 Å². The fourth-order valence-corrected chi connectivity index (χ4v) is 2.26. The van der Waals surface area contributed by atoms with E-state index < -0.39 is 6.10 Å². The average Bonchev–Trinajstić information content (AvgIpc) is 2.53. The van der Waals surface area contributed by atoms with Crippen molar-refractivity contribution in [3.8, 4) is 11.8 Å². The monoisotopic (exact) mass is 274 g/mol. The molecule has 1 aliphatic heterocycles. The quantitative estimate of drug-likeness (QED) is 0.778. The number of nitrogens with zero attached hydrogens (tertiary/aromatic N) is 2. The molecule has 1 aromatic carbocycles. The van der Waals surface area contributed by atoms with Crippen LogP contribution in [0, 0.1) is 11.3 Å². The van der Waals surface area contributed by atoms with Gasteiger partial charge >= 0.3 is 0 Å². The molecule has 0 amide bonds. The first-order chi connectivity index (χ1) is 9.65. The standard InChI is InChI=1S/C15H18N2O3/c1-11(17-7-8-20-14(9-16)10-17)15(18)12-3-5-13(19-2)6-4-12/h3-6,11,14H,7-8,10H2,1-2H3. The second-order valence-corrected chi connectivity index (χ2v) is 4.75. The largest absolute Gasteiger partial charge is 0.497 e. The molecule has 0 N–H and O–H groups in total. The fourth-order valence-electron chi connectivity index (χ4n) is 2.26. The number of rotatable bonds is 4. The zero-order valence-corrected chi connectivity index (χ0v) is 11.7. The van der Waals surface area contributed by atoms with E-state index in [9.17, 15) is 4.79 Å². The molecule has 0 saturated carbocycles. The Morgan fingerprint density at radius 3 is 2.80 bits per heavy atom. The summed E-state index contributed by atoms with van der Waals surface area (Å²) < 4.78 is 10.4. The zero-order valence-electron chi connectivity index (χ0n) is 11.7. The molecule has 2 atom stereocenters. The van der Waals surface area contributed by atoms with E-state index >= 15 is 0 Å². The molecule has 2 unspecified atom stereocenters. The Morgan fingerprint density at radius 1 is 1.50 bits per heavy atom. The molecule has 5 heteroatoms. The highest BCUT2D eigenvalue weighted by Crippen LogP contribution is 2.16. The molecule has 20 heavy (non-hydrogen) atoms. The van der Waals surface area contributed by atoms with Crippen LogP contribution in [-0.4, -0.2) is 49.6 Å². The van der Waals surface area contributed by atoms with Gasteiger partial charge in [0.15, 0.2) is 11.9 Å². The number of carbonyl (C=O) groups is 1. The summed E-state index contributed by atoms with van der Waals surface area (Å²) in [5.74, 6) is 0.774. The predicted molar refractivity (Wildman–Crippen MR) is 73.7 cm³/mol. The van der Waals surface area contributed by atoms with E-state index in [1.165, 1.54) is 0 Å². The molecule has 0 bridgehead atoms. The number of nitriles is 1. The van der Waals surface area contributed by atoms with Crippen LogP contribution in [0.15, 0.2) is 24.3 Å². The van der Waals surface area contributed by atoms with Gasteiger partial charge in [-0.25, -0.2) is 0 Å². The summed E-state index contributed by atoms with van der Waals surface area (Å²) in [6.07, 6.45) is -0.449. The van der Waals surface area contributed by atoms with Gasteiger partial charge in [-0.2, -0.15) is 5.26 Å². The molecule has 0 radical (unpaired) electrons. The highest BCUT2D eigenvalue weighted by Gasteiger charge is 2.28. The van der Waals surface area contributed by atoms with Crippen molar-refractivity contribution in [3.63, 3.8) is 0 Å². The summed E-state index contributed by atoms with van der Waals surface area (Å²) in [6, 6.07) is 8.91. The fraction of sp³-hybridized carbons (Fsp3) is 0.467. The van der Waals surface area contributed by atoms with Crippen molar-refractivity contribution in [2.24, 2.45) is 0 Å². The number of hydrogen-bond donors (Lipinski definition) is 0. The van der Waals surface area contributed by atoms with Gasteiger partial charge in [-0.1, -0.05) is 0 Å². The van der Waals surface area contributed by atoms with Gasteiger partial charge in [0.1, 0.15) is 5.75 Å². The first kappa shape index (κ1) is 14.5. The lowest BCUT2D eigenvalue weighted by Gasteiger charge is -2.33. The van der Waals surface area contributed by atoms with E-state index in [1.54, 1.807) is 31.4 Å². The summed E-state index contributed by atoms with van der Waals surface area (Å²) >= 11 is 0. The van der Waals surface area contributed by atoms with Crippen LogP contribution in [-0.2, 0) is 4.74 Å². The van der Waals surface area contributed by atoms with Gasteiger partial charge < -0.3 is 9.47 Å². The lowest BCUT2D eigenvalue weighted by atomic mass is 10.0. The molecule has 1 aliphatic rings. The van der Waals surface area contributed by atoms with Gasteiger partial charge in [0.25, 0.3) is 0 Å². The molecule has 0 spiro atoms. The number of methoxy groups -OCH3 is 1. The number of hydrogen-bond acceptors (Lipinski definition) is 5. The third-order valence-electron chi connectivity index (χ3n) is 3.54. The Morgan fingerprint density at radius 2 is 2.20 bits per heavy atom. The topological polar surface area (TPSA) is 62.6 Å². The van der Waals surface area contributed by atoms with E-state index in [0.717, 1.165) is 5.75 Å². The molecule has 2 rings (SSSR count). The highest BCUT2D eigenvalue weighted by molar-refractivity contribution is 5.99. The van der Waals surface area contributed by atoms with Crippen LogP contribution in [0.2, 0.25) is 0 Å². The van der Waals surface area contributed by atoms with Gasteiger partial charge in [-0.15, -0.1) is 0 Å². The van der Waals surface area contributed by atoms with Crippen molar-refractivity contribution in [2.45, 2.75) is 19.1 Å². The second-order valence-electron chi connectivity index (χ2n) is 4.75. The first-order valence-electron chi connectivity index (χ1n) is 6.59. The second kappa shape index (κ2) is 6.51. The van der Waals surface area contributed by atoms with Crippen molar-refractivity contribution in [1.29, 1.82) is 5.26 Å². The highest BCUT2D eigenvalue weighted by atomic mass is 16.5. The number of carbonyl (C=O) groups excluding carboxylic acids is 1. The maximum absolute atomic E-state index is 12.4. The maximum atomic E-state index is 12.4. The third kappa shape index (κ3) is 3.16. The third-order valence-corrected chi connectivity index (χ3v) is 3.54. The van der Waals surface area contributed by atoms with Crippen molar-refractivity contribution in [3.05, 3.63) is 29.8 Å². The average molecular weight is 274 g/mol. The molecular formula is C15H18N2O3. The molecule has 1 fully saturated rings. The van der Waals surface area contributed by atoms with Crippen molar-refractivity contribution < 1.29 is 14.3 Å². The summed E-state index contributed by atoms with van der Waals surface area (Å²) in [4.78, 5) is 14.4. The molecule has 106 valence electrons. The molecular weight excluding hydrogens is 256 g/mol. The lowest BCUT2D eigenvalue weighted by Crippen LogP contribution is -2.49. The summed E-state index contributed by atoms with van der Waals surface area (Å²) in [5.41, 5.74) is 0.651. The van der Waals surface area contributed by atoms with Crippen LogP contribution in [0.25, 0.3) is 0 Å². The number of benzene rings is 1. The van der Waals surface area contributed by atoms with Gasteiger partial charge in [-0.3, -0.25) is 9.69 Å². The Bertz CT molecular complexity index is 507. The van der Waals surface area contributed by atoms with Crippen molar-refractivity contribution in [1.82, 2.24) is 4.90 Å². The number of morpholine rings is 1. The van der Waals surface area contributed by atoms with E-state index in [2.05, 4.69) is 6.07 Å². The summed E-state index contributed by atoms with van der Waals surface area (Å²) in [7, 11) is 1.59. The van der Waals surface area contributed by atoms with E-state index in [-0.39, 0.29) is 11.8 Å². The maximum Gasteiger partial charge on any atom is 0.179 e. The van der Waals surface area contributed by atoms with Crippen LogP contribution in [0.1, 0.15) is 17.3 Å². The minimum Gasteiger partial charge on any atom is -0.497 e. The number of ether oxygens (including phenoxy) is 2. The predicted octanol–water partition coefficient (Wildman–Crippen LogP) is 1.49. The normalized spacial score (nSPS) is 20.9. The molecule has 1 aromatic rings. The number of Topliss-reactive ketones (excluding diaryl/α,β-unsaturated/α-hetero) is 1. The molecule has 1 saturated heterocycles. The van der Waals surface area contributed by atoms with Crippen LogP contribution in [0.4, 0.5) is 0 Å². The Hall–Kier alpha value is -1.90. The zero-order chi connectivity index (χ0) is 14.5. The molecule has 0 aromatic heterocycles. The Balaban J connectivity index is 2.05. The smallest absolute Gasteiger partial charge is 0.179 e. The summed E-state index contributed by atoms with van der Waals surface area (Å²) in [5, 5.41) is 8.90. The SMILES string of the molecule is COc1ccc(C(=O)C(C)N2CCOC(C#N)C2)cc1. The molecule has 1 heterocycles. The van der Waals surface area contributed by atoms with E-state index in [4.69, 9.17) is 14.7 Å². The van der Waals surface area contributed by atoms with Crippen LogP contribution < -0.4 is 4.74 Å². The van der Waals surface area contributed by atoms with Gasteiger partial charge in [0.05, 0.1) is 25.8 Å². The van der Waals surface area contributed by atoms with Gasteiger partial charge in [0.2, 0.25) is 0 Å². The molecule has 0 aliphatic carbocycles. The minimum absolute atomic E-state index is 0.0474. The number of ketones is 1. The van der Waals surface area contributed by atoms with Crippen molar-refractivity contribution >= 4 is 5.78 Å². The van der Waals surface area contributed by atoms with Crippen molar-refractivity contribution in [2.75, 3.05) is 26.8 Å². The summed E-state index contributed by atoms with van der Waals surface area (Å²) in [6.45, 7) is 3.49. The van der Waals surface area contributed by atoms with E-state index in [1.807, 2.05) is 11.8 Å². The van der Waals surface area contributed by atoms with Gasteiger partial charge in [-0.05, 0) is 31.2 Å².